The predicted octanol–water partition coefficient (Wildman–Crippen LogP) is 3.01. The van der Waals surface area contributed by atoms with Crippen LogP contribution >= 0.6 is 0 Å². The molecule has 6 nitrogen and oxygen atoms in total. The van der Waals surface area contributed by atoms with Gasteiger partial charge in [0.25, 0.3) is 0 Å². The van der Waals surface area contributed by atoms with Gasteiger partial charge >= 0.3 is 0 Å². The van der Waals surface area contributed by atoms with Crippen molar-refractivity contribution < 1.29 is 5.11 Å². The van der Waals surface area contributed by atoms with Crippen molar-refractivity contribution in [2.24, 2.45) is 12.2 Å². The molecule has 0 fully saturated rings. The maximum Gasteiger partial charge on any atom is 0.106 e. The van der Waals surface area contributed by atoms with Gasteiger partial charge in [-0.25, -0.2) is 4.98 Å². The van der Waals surface area contributed by atoms with Gasteiger partial charge in [-0.1, -0.05) is 11.2 Å². The second kappa shape index (κ2) is 5.73. The molecule has 1 aromatic carbocycles. The van der Waals surface area contributed by atoms with Crippen LogP contribution in [0, 0.1) is 6.92 Å². The molecule has 1 heterocycles. The van der Waals surface area contributed by atoms with Gasteiger partial charge < -0.3 is 9.67 Å². The zero-order valence-corrected chi connectivity index (χ0v) is 11.1. The maximum absolute atomic E-state index is 10.1. The zero-order chi connectivity index (χ0) is 13.8. The quantitative estimate of drug-likeness (QED) is 0.387. The van der Waals surface area contributed by atoms with E-state index in [1.54, 1.807) is 0 Å². The van der Waals surface area contributed by atoms with Crippen molar-refractivity contribution >= 4 is 11.0 Å². The van der Waals surface area contributed by atoms with Crippen LogP contribution in [-0.2, 0) is 7.05 Å². The summed E-state index contributed by atoms with van der Waals surface area (Å²) in [7, 11) is 1.97. The van der Waals surface area contributed by atoms with E-state index in [9.17, 15) is 5.11 Å². The fourth-order valence-corrected chi connectivity index (χ4v) is 2.11. The monoisotopic (exact) mass is 259 g/mol. The van der Waals surface area contributed by atoms with E-state index in [1.165, 1.54) is 0 Å². The van der Waals surface area contributed by atoms with Gasteiger partial charge in [-0.2, -0.15) is 0 Å². The molecule has 2 rings (SSSR count). The molecule has 100 valence electrons. The van der Waals surface area contributed by atoms with Crippen LogP contribution in [0.4, 0.5) is 0 Å². The first-order chi connectivity index (χ1) is 9.13. The van der Waals surface area contributed by atoms with Crippen LogP contribution in [-0.4, -0.2) is 21.2 Å². The van der Waals surface area contributed by atoms with E-state index in [1.807, 2.05) is 36.7 Å². The highest BCUT2D eigenvalue weighted by atomic mass is 16.3. The number of rotatable bonds is 5. The topological polar surface area (TPSA) is 86.8 Å². The number of nitrogens with zero attached hydrogens (tertiary/aromatic N) is 5. The third-order valence-corrected chi connectivity index (χ3v) is 3.31. The number of hydrogen-bond donors (Lipinski definition) is 1. The van der Waals surface area contributed by atoms with Crippen molar-refractivity contribution in [2.75, 3.05) is 6.54 Å². The standard InChI is InChI=1S/C13H17N5O/c1-9-16-11-8-10(5-6-12(11)18(9)2)13(19)4-3-7-15-17-14/h5-6,8,13,19H,3-4,7H2,1-2H3. The van der Waals surface area contributed by atoms with Crippen LogP contribution in [0.25, 0.3) is 21.5 Å². The van der Waals surface area contributed by atoms with Crippen molar-refractivity contribution in [3.05, 3.63) is 40.0 Å². The Morgan fingerprint density at radius 3 is 3.05 bits per heavy atom. The van der Waals surface area contributed by atoms with E-state index in [0.29, 0.717) is 19.4 Å². The first kappa shape index (κ1) is 13.4. The number of fused-ring (bicyclic) bond motifs is 1. The lowest BCUT2D eigenvalue weighted by Crippen LogP contribution is -1.98. The molecule has 0 aliphatic rings. The number of imidazole rings is 1. The highest BCUT2D eigenvalue weighted by molar-refractivity contribution is 5.76. The summed E-state index contributed by atoms with van der Waals surface area (Å²) in [5.74, 6) is 0.949. The summed E-state index contributed by atoms with van der Waals surface area (Å²) >= 11 is 0. The Labute approximate surface area is 111 Å². The van der Waals surface area contributed by atoms with E-state index in [-0.39, 0.29) is 0 Å². The third-order valence-electron chi connectivity index (χ3n) is 3.31. The molecular weight excluding hydrogens is 242 g/mol. The number of aliphatic hydroxyl groups is 1. The normalized spacial score (nSPS) is 12.4. The molecule has 0 saturated heterocycles. The Morgan fingerprint density at radius 2 is 2.32 bits per heavy atom. The lowest BCUT2D eigenvalue weighted by Gasteiger charge is -2.10. The second-order valence-electron chi connectivity index (χ2n) is 4.58. The molecule has 1 atom stereocenters. The Bertz CT molecular complexity index is 627. The van der Waals surface area contributed by atoms with Crippen LogP contribution in [0.3, 0.4) is 0 Å². The molecule has 6 heteroatoms. The van der Waals surface area contributed by atoms with E-state index in [4.69, 9.17) is 5.53 Å². The molecule has 0 aliphatic carbocycles. The molecule has 0 radical (unpaired) electrons. The summed E-state index contributed by atoms with van der Waals surface area (Å²) in [5.41, 5.74) is 11.0. The van der Waals surface area contributed by atoms with Crippen LogP contribution in [0.2, 0.25) is 0 Å². The molecule has 0 bridgehead atoms. The van der Waals surface area contributed by atoms with Crippen molar-refractivity contribution in [1.29, 1.82) is 0 Å². The number of benzene rings is 1. The average molecular weight is 259 g/mol. The molecule has 1 aromatic heterocycles. The predicted molar refractivity (Wildman–Crippen MR) is 73.7 cm³/mol. The van der Waals surface area contributed by atoms with E-state index in [2.05, 4.69) is 15.0 Å². The van der Waals surface area contributed by atoms with Crippen molar-refractivity contribution in [3.63, 3.8) is 0 Å². The number of aryl methyl sites for hydroxylation is 2. The van der Waals surface area contributed by atoms with E-state index >= 15 is 0 Å². The summed E-state index contributed by atoms with van der Waals surface area (Å²) in [4.78, 5) is 7.14. The fourth-order valence-electron chi connectivity index (χ4n) is 2.11. The minimum Gasteiger partial charge on any atom is -0.388 e. The highest BCUT2D eigenvalue weighted by Crippen LogP contribution is 2.23. The molecular formula is C13H17N5O. The van der Waals surface area contributed by atoms with E-state index in [0.717, 1.165) is 22.4 Å². The molecule has 0 saturated carbocycles. The third kappa shape index (κ3) is 2.86. The molecule has 0 aliphatic heterocycles. The summed E-state index contributed by atoms with van der Waals surface area (Å²) in [6.07, 6.45) is 0.710. The smallest absolute Gasteiger partial charge is 0.106 e. The molecule has 19 heavy (non-hydrogen) atoms. The van der Waals surface area contributed by atoms with Crippen LogP contribution < -0.4 is 0 Å². The minimum absolute atomic E-state index is 0.415. The Hall–Kier alpha value is -2.04. The highest BCUT2D eigenvalue weighted by Gasteiger charge is 2.10. The number of azide groups is 1. The number of aromatic nitrogens is 2. The van der Waals surface area contributed by atoms with E-state index < -0.39 is 6.10 Å². The average Bonchev–Trinajstić information content (AvgIpc) is 2.69. The van der Waals surface area contributed by atoms with Gasteiger partial charge in [0.1, 0.15) is 5.82 Å². The first-order valence-electron chi connectivity index (χ1n) is 6.25. The van der Waals surface area contributed by atoms with Crippen LogP contribution in [0.15, 0.2) is 23.3 Å². The molecule has 2 aromatic rings. The van der Waals surface area contributed by atoms with Gasteiger partial charge in [0.2, 0.25) is 0 Å². The minimum atomic E-state index is -0.541. The number of aliphatic hydroxyl groups excluding tert-OH is 1. The first-order valence-corrected chi connectivity index (χ1v) is 6.25. The zero-order valence-electron chi connectivity index (χ0n) is 11.1. The Balaban J connectivity index is 2.14. The van der Waals surface area contributed by atoms with Crippen LogP contribution in [0.1, 0.15) is 30.3 Å². The lowest BCUT2D eigenvalue weighted by atomic mass is 10.0. The van der Waals surface area contributed by atoms with Crippen molar-refractivity contribution in [1.82, 2.24) is 9.55 Å². The van der Waals surface area contributed by atoms with Gasteiger partial charge in [0, 0.05) is 18.5 Å². The largest absolute Gasteiger partial charge is 0.388 e. The maximum atomic E-state index is 10.1. The lowest BCUT2D eigenvalue weighted by molar-refractivity contribution is 0.165. The molecule has 0 spiro atoms. The summed E-state index contributed by atoms with van der Waals surface area (Å²) < 4.78 is 2.02. The van der Waals surface area contributed by atoms with Crippen molar-refractivity contribution in [3.8, 4) is 0 Å². The van der Waals surface area contributed by atoms with Crippen molar-refractivity contribution in [2.45, 2.75) is 25.9 Å². The van der Waals surface area contributed by atoms with Gasteiger partial charge in [0.15, 0.2) is 0 Å². The summed E-state index contributed by atoms with van der Waals surface area (Å²) in [5, 5.41) is 13.5. The fraction of sp³-hybridized carbons (Fsp3) is 0.462. The van der Waals surface area contributed by atoms with Crippen LogP contribution in [0.5, 0.6) is 0 Å². The van der Waals surface area contributed by atoms with Gasteiger partial charge in [-0.15, -0.1) is 0 Å². The molecule has 0 amide bonds. The Kier molecular flexibility index (Phi) is 4.04. The van der Waals surface area contributed by atoms with Gasteiger partial charge in [-0.3, -0.25) is 0 Å². The molecule has 1 N–H and O–H groups in total. The second-order valence-corrected chi connectivity index (χ2v) is 4.58. The summed E-state index contributed by atoms with van der Waals surface area (Å²) in [6, 6.07) is 5.81. The van der Waals surface area contributed by atoms with Gasteiger partial charge in [0.05, 0.1) is 17.1 Å². The Morgan fingerprint density at radius 1 is 1.53 bits per heavy atom. The SMILES string of the molecule is Cc1nc2cc(C(O)CCCN=[N+]=[N-])ccc2n1C. The molecule has 1 unspecified atom stereocenters. The number of hydrogen-bond acceptors (Lipinski definition) is 3. The van der Waals surface area contributed by atoms with Gasteiger partial charge in [-0.05, 0) is 43.0 Å². The summed E-state index contributed by atoms with van der Waals surface area (Å²) in [6.45, 7) is 2.37.